The van der Waals surface area contributed by atoms with Gasteiger partial charge in [-0.2, -0.15) is 0 Å². The average molecular weight is 311 g/mol. The van der Waals surface area contributed by atoms with Gasteiger partial charge in [0.05, 0.1) is 5.52 Å². The van der Waals surface area contributed by atoms with Gasteiger partial charge in [0.2, 0.25) is 0 Å². The van der Waals surface area contributed by atoms with Crippen LogP contribution in [0.15, 0.2) is 72.8 Å². The van der Waals surface area contributed by atoms with Crippen LogP contribution in [0, 0.1) is 0 Å². The van der Waals surface area contributed by atoms with E-state index in [1.807, 2.05) is 0 Å². The van der Waals surface area contributed by atoms with E-state index in [1.54, 1.807) is 0 Å². The first-order chi connectivity index (χ1) is 11.7. The molecule has 118 valence electrons. The Morgan fingerprint density at radius 1 is 0.833 bits per heavy atom. The maximum Gasteiger partial charge on any atom is 0.0535 e. The fourth-order valence-corrected chi connectivity index (χ4v) is 4.83. The monoisotopic (exact) mass is 311 g/mol. The predicted octanol–water partition coefficient (Wildman–Crippen LogP) is 6.07. The molecule has 0 amide bonds. The molecule has 4 aromatic rings. The molecule has 1 aromatic heterocycles. The summed E-state index contributed by atoms with van der Waals surface area (Å²) in [6.45, 7) is 4.78. The zero-order valence-corrected chi connectivity index (χ0v) is 14.2. The second-order valence-electron chi connectivity index (χ2n) is 7.34. The minimum Gasteiger partial charge on any atom is -0.337 e. The van der Waals surface area contributed by atoms with Crippen LogP contribution in [0.25, 0.3) is 21.8 Å². The third-order valence-electron chi connectivity index (χ3n) is 5.88. The molecule has 0 saturated heterocycles. The molecule has 24 heavy (non-hydrogen) atoms. The van der Waals surface area contributed by atoms with Crippen molar-refractivity contribution >= 4 is 21.8 Å². The number of benzene rings is 3. The maximum absolute atomic E-state index is 2.56. The standard InChI is InChI=1S/C23H21N/c1-16-15-23(2,17-9-4-3-5-10-17)20-13-8-12-19-18-11-6-7-14-21(18)24(16)22(19)20/h3-14,16H,15H2,1-2H3. The number of fused-ring (bicyclic) bond motifs is 3. The number of aromatic nitrogens is 1. The highest BCUT2D eigenvalue weighted by atomic mass is 15.0. The van der Waals surface area contributed by atoms with E-state index in [1.165, 1.54) is 32.9 Å². The summed E-state index contributed by atoms with van der Waals surface area (Å²) in [6.07, 6.45) is 1.13. The fourth-order valence-electron chi connectivity index (χ4n) is 4.83. The van der Waals surface area contributed by atoms with Crippen LogP contribution in [0.5, 0.6) is 0 Å². The number of hydrogen-bond donors (Lipinski definition) is 0. The smallest absolute Gasteiger partial charge is 0.0535 e. The van der Waals surface area contributed by atoms with Crippen molar-refractivity contribution < 1.29 is 0 Å². The molecule has 0 aliphatic carbocycles. The van der Waals surface area contributed by atoms with Gasteiger partial charge in [0.1, 0.15) is 0 Å². The summed E-state index contributed by atoms with van der Waals surface area (Å²) in [4.78, 5) is 0. The van der Waals surface area contributed by atoms with Gasteiger partial charge in [0.25, 0.3) is 0 Å². The number of para-hydroxylation sites is 2. The topological polar surface area (TPSA) is 4.93 Å². The lowest BCUT2D eigenvalue weighted by molar-refractivity contribution is 0.390. The number of nitrogens with zero attached hydrogens (tertiary/aromatic N) is 1. The van der Waals surface area contributed by atoms with Gasteiger partial charge < -0.3 is 4.57 Å². The maximum atomic E-state index is 2.56. The lowest BCUT2D eigenvalue weighted by Gasteiger charge is -2.39. The minimum absolute atomic E-state index is 0.0601. The molecular formula is C23H21N. The highest BCUT2D eigenvalue weighted by Crippen LogP contribution is 2.49. The molecule has 2 atom stereocenters. The Bertz CT molecular complexity index is 1060. The van der Waals surface area contributed by atoms with E-state index in [-0.39, 0.29) is 5.41 Å². The molecule has 0 fully saturated rings. The van der Waals surface area contributed by atoms with Gasteiger partial charge in [-0.15, -0.1) is 0 Å². The van der Waals surface area contributed by atoms with E-state index in [4.69, 9.17) is 0 Å². The molecule has 1 heteroatoms. The fraction of sp³-hybridized carbons (Fsp3) is 0.217. The Balaban J connectivity index is 1.94. The zero-order valence-electron chi connectivity index (χ0n) is 14.2. The van der Waals surface area contributed by atoms with Gasteiger partial charge in [-0.1, -0.05) is 73.7 Å². The van der Waals surface area contributed by atoms with Crippen LogP contribution in [0.4, 0.5) is 0 Å². The second-order valence-corrected chi connectivity index (χ2v) is 7.34. The Hall–Kier alpha value is -2.54. The Morgan fingerprint density at radius 2 is 1.54 bits per heavy atom. The molecule has 0 spiro atoms. The van der Waals surface area contributed by atoms with Gasteiger partial charge in [-0.25, -0.2) is 0 Å². The third-order valence-corrected chi connectivity index (χ3v) is 5.88. The Kier molecular flexibility index (Phi) is 2.73. The largest absolute Gasteiger partial charge is 0.337 e. The molecule has 5 rings (SSSR count). The minimum atomic E-state index is 0.0601. The lowest BCUT2D eigenvalue weighted by Crippen LogP contribution is -2.32. The molecule has 1 aliphatic rings. The quantitative estimate of drug-likeness (QED) is 0.402. The Labute approximate surface area is 142 Å². The van der Waals surface area contributed by atoms with Gasteiger partial charge in [0.15, 0.2) is 0 Å². The lowest BCUT2D eigenvalue weighted by atomic mass is 9.70. The summed E-state index contributed by atoms with van der Waals surface area (Å²) in [5.41, 5.74) is 5.72. The first-order valence-electron chi connectivity index (χ1n) is 8.78. The van der Waals surface area contributed by atoms with Gasteiger partial charge in [-0.3, -0.25) is 0 Å². The first kappa shape index (κ1) is 13.9. The van der Waals surface area contributed by atoms with Gasteiger partial charge in [0, 0.05) is 27.7 Å². The van der Waals surface area contributed by atoms with Crippen molar-refractivity contribution in [3.8, 4) is 0 Å². The molecule has 0 bridgehead atoms. The SMILES string of the molecule is CC1CC(C)(c2ccccc2)c2cccc3c4ccccc4n1c23. The van der Waals surface area contributed by atoms with E-state index in [2.05, 4.69) is 91.2 Å². The summed E-state index contributed by atoms with van der Waals surface area (Å²) in [5.74, 6) is 0. The summed E-state index contributed by atoms with van der Waals surface area (Å²) in [5, 5.41) is 2.76. The normalized spacial score (nSPS) is 23.0. The van der Waals surface area contributed by atoms with E-state index >= 15 is 0 Å². The van der Waals surface area contributed by atoms with E-state index in [9.17, 15) is 0 Å². The van der Waals surface area contributed by atoms with Crippen molar-refractivity contribution in [3.05, 3.63) is 83.9 Å². The molecule has 0 radical (unpaired) electrons. The van der Waals surface area contributed by atoms with E-state index in [0.717, 1.165) is 6.42 Å². The molecule has 0 N–H and O–H groups in total. The molecule has 2 heterocycles. The van der Waals surface area contributed by atoms with Crippen molar-refractivity contribution in [2.75, 3.05) is 0 Å². The predicted molar refractivity (Wildman–Crippen MR) is 102 cm³/mol. The molecule has 1 nitrogen and oxygen atoms in total. The molecule has 2 unspecified atom stereocenters. The van der Waals surface area contributed by atoms with Crippen molar-refractivity contribution in [3.63, 3.8) is 0 Å². The van der Waals surface area contributed by atoms with Crippen molar-refractivity contribution in [2.24, 2.45) is 0 Å². The summed E-state index contributed by atoms with van der Waals surface area (Å²) in [6, 6.07) is 27.1. The van der Waals surface area contributed by atoms with Crippen LogP contribution in [0.1, 0.15) is 37.4 Å². The Morgan fingerprint density at radius 3 is 2.38 bits per heavy atom. The highest BCUT2D eigenvalue weighted by molar-refractivity contribution is 6.09. The van der Waals surface area contributed by atoms with Crippen molar-refractivity contribution in [2.45, 2.75) is 31.7 Å². The zero-order chi connectivity index (χ0) is 16.3. The van der Waals surface area contributed by atoms with Crippen LogP contribution in [0.2, 0.25) is 0 Å². The van der Waals surface area contributed by atoms with Crippen molar-refractivity contribution in [1.29, 1.82) is 0 Å². The second kappa shape index (κ2) is 4.73. The highest BCUT2D eigenvalue weighted by Gasteiger charge is 2.38. The molecular weight excluding hydrogens is 290 g/mol. The first-order valence-corrected chi connectivity index (χ1v) is 8.78. The van der Waals surface area contributed by atoms with Gasteiger partial charge in [-0.05, 0) is 30.5 Å². The number of rotatable bonds is 1. The summed E-state index contributed by atoms with van der Waals surface area (Å²) >= 11 is 0. The van der Waals surface area contributed by atoms with Crippen LogP contribution < -0.4 is 0 Å². The van der Waals surface area contributed by atoms with E-state index in [0.29, 0.717) is 6.04 Å². The van der Waals surface area contributed by atoms with Crippen molar-refractivity contribution in [1.82, 2.24) is 4.57 Å². The summed E-state index contributed by atoms with van der Waals surface area (Å²) < 4.78 is 2.56. The molecule has 1 aliphatic heterocycles. The summed E-state index contributed by atoms with van der Waals surface area (Å²) in [7, 11) is 0. The number of hydrogen-bond acceptors (Lipinski definition) is 0. The van der Waals surface area contributed by atoms with E-state index < -0.39 is 0 Å². The van der Waals surface area contributed by atoms with Crippen LogP contribution in [-0.2, 0) is 5.41 Å². The average Bonchev–Trinajstić information content (AvgIpc) is 2.96. The van der Waals surface area contributed by atoms with Gasteiger partial charge >= 0.3 is 0 Å². The van der Waals surface area contributed by atoms with Crippen LogP contribution in [-0.4, -0.2) is 4.57 Å². The third kappa shape index (κ3) is 1.65. The molecule has 0 saturated carbocycles. The van der Waals surface area contributed by atoms with Crippen LogP contribution in [0.3, 0.4) is 0 Å². The van der Waals surface area contributed by atoms with Crippen LogP contribution >= 0.6 is 0 Å². The molecule has 3 aromatic carbocycles.